The normalized spacial score (nSPS) is 17.4. The number of hydrogen-bond acceptors (Lipinski definition) is 11. The van der Waals surface area contributed by atoms with Crippen molar-refractivity contribution in [2.45, 2.75) is 31.3 Å². The van der Waals surface area contributed by atoms with Crippen LogP contribution in [0.2, 0.25) is 0 Å². The molecule has 5 aromatic rings. The van der Waals surface area contributed by atoms with Crippen LogP contribution in [0.25, 0.3) is 16.9 Å². The summed E-state index contributed by atoms with van der Waals surface area (Å²) in [6.45, 7) is 1.90. The number of amides is 1. The van der Waals surface area contributed by atoms with Gasteiger partial charge in [-0.15, -0.1) is 10.2 Å². The van der Waals surface area contributed by atoms with E-state index in [4.69, 9.17) is 10.7 Å². The molecular formula is C31H29N11O2. The Morgan fingerprint density at radius 2 is 1.89 bits per heavy atom. The van der Waals surface area contributed by atoms with Crippen LogP contribution in [-0.2, 0) is 0 Å². The molecule has 2 bridgehead atoms. The quantitative estimate of drug-likeness (QED) is 0.197. The van der Waals surface area contributed by atoms with E-state index in [0.29, 0.717) is 47.2 Å². The number of piperazine rings is 1. The Kier molecular flexibility index (Phi) is 7.07. The van der Waals surface area contributed by atoms with Gasteiger partial charge in [-0.1, -0.05) is 18.1 Å². The number of nitrogens with zero attached hydrogens (tertiary/aromatic N) is 9. The van der Waals surface area contributed by atoms with Crippen LogP contribution >= 0.6 is 0 Å². The maximum absolute atomic E-state index is 12.4. The summed E-state index contributed by atoms with van der Waals surface area (Å²) in [6, 6.07) is 14.7. The highest BCUT2D eigenvalue weighted by Gasteiger charge is 2.41. The molecule has 0 spiro atoms. The third-order valence-electron chi connectivity index (χ3n) is 7.91. The summed E-state index contributed by atoms with van der Waals surface area (Å²) < 4.78 is 1.56. The SMILES string of the molecule is Nc1nnc(-c2ccccc2O)cc1N1[C@@H]2CC[C@H]1CN(c1ccnc(C#CCCNC(=O)c3cc4ncccn4n3)n1)C2. The summed E-state index contributed by atoms with van der Waals surface area (Å²) in [5.41, 5.74) is 9.29. The first kappa shape index (κ1) is 27.1. The van der Waals surface area contributed by atoms with Crippen molar-refractivity contribution in [3.05, 3.63) is 78.6 Å². The molecule has 0 radical (unpaired) electrons. The Balaban J connectivity index is 0.990. The van der Waals surface area contributed by atoms with E-state index in [0.717, 1.165) is 37.4 Å². The van der Waals surface area contributed by atoms with Gasteiger partial charge in [0, 0.05) is 68.4 Å². The van der Waals surface area contributed by atoms with Gasteiger partial charge in [-0.05, 0) is 49.1 Å². The smallest absolute Gasteiger partial charge is 0.271 e. The average molecular weight is 588 g/mol. The highest BCUT2D eigenvalue weighted by molar-refractivity contribution is 5.93. The number of carbonyl (C=O) groups excluding carboxylic acids is 1. The van der Waals surface area contributed by atoms with E-state index in [1.807, 2.05) is 24.3 Å². The number of hydrogen-bond donors (Lipinski definition) is 3. The maximum atomic E-state index is 12.4. The number of aromatic nitrogens is 7. The van der Waals surface area contributed by atoms with E-state index in [9.17, 15) is 9.90 Å². The van der Waals surface area contributed by atoms with Gasteiger partial charge >= 0.3 is 0 Å². The molecular weight excluding hydrogens is 558 g/mol. The molecule has 44 heavy (non-hydrogen) atoms. The number of fused-ring (bicyclic) bond motifs is 3. The van der Waals surface area contributed by atoms with Crippen LogP contribution in [0.15, 0.2) is 67.1 Å². The minimum absolute atomic E-state index is 0.152. The lowest BCUT2D eigenvalue weighted by molar-refractivity contribution is 0.0949. The summed E-state index contributed by atoms with van der Waals surface area (Å²) in [5, 5.41) is 25.9. The number of anilines is 3. The van der Waals surface area contributed by atoms with Crippen LogP contribution in [0.1, 0.15) is 35.6 Å². The van der Waals surface area contributed by atoms with Crippen LogP contribution in [0.4, 0.5) is 17.3 Å². The van der Waals surface area contributed by atoms with Gasteiger partial charge in [-0.2, -0.15) is 5.10 Å². The van der Waals surface area contributed by atoms with E-state index < -0.39 is 0 Å². The predicted molar refractivity (Wildman–Crippen MR) is 164 cm³/mol. The summed E-state index contributed by atoms with van der Waals surface area (Å²) in [4.78, 5) is 30.3. The number of aromatic hydroxyl groups is 1. The van der Waals surface area contributed by atoms with Gasteiger partial charge in [-0.25, -0.2) is 19.5 Å². The number of nitrogens with one attached hydrogen (secondary N) is 1. The number of phenolic OH excluding ortho intramolecular Hbond substituents is 1. The molecule has 2 fully saturated rings. The molecule has 4 N–H and O–H groups in total. The predicted octanol–water partition coefficient (Wildman–Crippen LogP) is 2.29. The summed E-state index contributed by atoms with van der Waals surface area (Å²) in [7, 11) is 0. The first-order valence-corrected chi connectivity index (χ1v) is 14.4. The van der Waals surface area contributed by atoms with Gasteiger partial charge in [0.25, 0.3) is 5.91 Å². The highest BCUT2D eigenvalue weighted by atomic mass is 16.3. The molecule has 13 nitrogen and oxygen atoms in total. The van der Waals surface area contributed by atoms with E-state index in [1.165, 1.54) is 0 Å². The number of rotatable bonds is 6. The van der Waals surface area contributed by atoms with Crippen LogP contribution in [0.3, 0.4) is 0 Å². The Hall–Kier alpha value is -5.77. The van der Waals surface area contributed by atoms with Crippen LogP contribution < -0.4 is 20.9 Å². The van der Waals surface area contributed by atoms with Crippen molar-refractivity contribution < 1.29 is 9.90 Å². The van der Waals surface area contributed by atoms with Gasteiger partial charge in [0.05, 0.1) is 11.4 Å². The summed E-state index contributed by atoms with van der Waals surface area (Å²) in [6.07, 6.45) is 7.60. The number of nitrogen functional groups attached to an aromatic ring is 1. The Morgan fingerprint density at radius 1 is 1.05 bits per heavy atom. The van der Waals surface area contributed by atoms with E-state index >= 15 is 0 Å². The van der Waals surface area contributed by atoms with Crippen molar-refractivity contribution in [3.8, 4) is 28.8 Å². The van der Waals surface area contributed by atoms with E-state index in [2.05, 4.69) is 52.2 Å². The fourth-order valence-corrected chi connectivity index (χ4v) is 5.90. The zero-order chi connectivity index (χ0) is 30.0. The van der Waals surface area contributed by atoms with Gasteiger partial charge in [0.1, 0.15) is 11.6 Å². The van der Waals surface area contributed by atoms with Crippen molar-refractivity contribution >= 4 is 28.9 Å². The Morgan fingerprint density at radius 3 is 2.70 bits per heavy atom. The van der Waals surface area contributed by atoms with Gasteiger partial charge in [0.2, 0.25) is 5.82 Å². The van der Waals surface area contributed by atoms with Crippen LogP contribution in [0.5, 0.6) is 5.75 Å². The molecule has 2 saturated heterocycles. The molecule has 220 valence electrons. The van der Waals surface area contributed by atoms with E-state index in [-0.39, 0.29) is 23.7 Å². The van der Waals surface area contributed by atoms with Gasteiger partial charge in [-0.3, -0.25) is 4.79 Å². The third kappa shape index (κ3) is 5.29. The standard InChI is InChI=1S/C31H29N11O2/c32-30-25(16-23(37-38-30)22-6-1-2-7-26(22)43)42-20-9-10-21(42)19-40(18-20)28-11-14-33-27(36-28)8-3-4-12-35-31(44)24-17-29-34-13-5-15-41(29)39-24/h1-2,5-7,11,13-17,20-21,43H,4,9-10,12,18-19H2,(H2,32,38)(H,35,44)/t20-,21+. The van der Waals surface area contributed by atoms with Crippen LogP contribution in [-0.4, -0.2) is 77.5 Å². The average Bonchev–Trinajstić information content (AvgIpc) is 3.59. The first-order chi connectivity index (χ1) is 21.5. The summed E-state index contributed by atoms with van der Waals surface area (Å²) in [5.74, 6) is 7.59. The lowest BCUT2D eigenvalue weighted by atomic mass is 10.1. The third-order valence-corrected chi connectivity index (χ3v) is 7.91. The molecule has 4 aromatic heterocycles. The first-order valence-electron chi connectivity index (χ1n) is 14.4. The number of benzene rings is 1. The minimum Gasteiger partial charge on any atom is -0.507 e. The van der Waals surface area contributed by atoms with Crippen LogP contribution in [0, 0.1) is 11.8 Å². The molecule has 6 heterocycles. The number of carbonyl (C=O) groups is 1. The second-order valence-corrected chi connectivity index (χ2v) is 10.7. The Labute approximate surface area is 252 Å². The van der Waals surface area contributed by atoms with E-state index in [1.54, 1.807) is 47.4 Å². The second-order valence-electron chi connectivity index (χ2n) is 10.7. The van der Waals surface area contributed by atoms with Crippen molar-refractivity contribution in [1.29, 1.82) is 0 Å². The minimum atomic E-state index is -0.275. The van der Waals surface area contributed by atoms with Gasteiger partial charge in [0.15, 0.2) is 17.2 Å². The zero-order valence-electron chi connectivity index (χ0n) is 23.7. The molecule has 2 atom stereocenters. The van der Waals surface area contributed by atoms with Gasteiger partial charge < -0.3 is 26.0 Å². The van der Waals surface area contributed by atoms with Crippen molar-refractivity contribution in [2.24, 2.45) is 0 Å². The molecule has 0 saturated carbocycles. The molecule has 0 aliphatic carbocycles. The highest BCUT2D eigenvalue weighted by Crippen LogP contribution is 2.40. The fraction of sp³-hybridized carbons (Fsp3) is 0.258. The monoisotopic (exact) mass is 587 g/mol. The van der Waals surface area contributed by atoms with Crippen molar-refractivity contribution in [2.75, 3.05) is 35.2 Å². The topological polar surface area (TPSA) is 164 Å². The Bertz CT molecular complexity index is 1870. The largest absolute Gasteiger partial charge is 0.507 e. The lowest BCUT2D eigenvalue weighted by Crippen LogP contribution is -2.54. The van der Waals surface area contributed by atoms with Crippen molar-refractivity contribution in [3.63, 3.8) is 0 Å². The molecule has 2 aliphatic rings. The maximum Gasteiger partial charge on any atom is 0.271 e. The lowest BCUT2D eigenvalue weighted by Gasteiger charge is -2.43. The number of phenols is 1. The second kappa shape index (κ2) is 11.5. The summed E-state index contributed by atoms with van der Waals surface area (Å²) >= 11 is 0. The van der Waals surface area contributed by atoms with Crippen molar-refractivity contribution in [1.82, 2.24) is 40.1 Å². The molecule has 13 heteroatoms. The molecule has 1 amide bonds. The molecule has 0 unspecified atom stereocenters. The fourth-order valence-electron chi connectivity index (χ4n) is 5.90. The molecule has 7 rings (SSSR count). The zero-order valence-corrected chi connectivity index (χ0v) is 23.7. The number of nitrogens with two attached hydrogens (primary N) is 1. The number of para-hydroxylation sites is 1. The molecule has 1 aromatic carbocycles. The molecule has 2 aliphatic heterocycles.